The third-order valence-electron chi connectivity index (χ3n) is 4.95. The van der Waals surface area contributed by atoms with Crippen LogP contribution in [0.1, 0.15) is 37.0 Å². The van der Waals surface area contributed by atoms with Crippen molar-refractivity contribution in [2.75, 3.05) is 24.2 Å². The van der Waals surface area contributed by atoms with E-state index in [9.17, 15) is 13.2 Å². The van der Waals surface area contributed by atoms with Crippen molar-refractivity contribution >= 4 is 21.7 Å². The Balaban J connectivity index is 1.90. The molecule has 166 valence electrons. The van der Waals surface area contributed by atoms with Crippen LogP contribution in [0.15, 0.2) is 48.0 Å². The minimum atomic E-state index is -3.28. The molecule has 0 bridgehead atoms. The quantitative estimate of drug-likeness (QED) is 0.600. The minimum absolute atomic E-state index is 0.155. The molecule has 1 aromatic carbocycles. The summed E-state index contributed by atoms with van der Waals surface area (Å²) in [7, 11) is -3.28. The highest BCUT2D eigenvalue weighted by atomic mass is 32.2. The third kappa shape index (κ3) is 6.52. The lowest BCUT2D eigenvalue weighted by Crippen LogP contribution is -2.35. The zero-order chi connectivity index (χ0) is 22.4. The number of carbonyl (C=O) groups is 1. The van der Waals surface area contributed by atoms with E-state index in [4.69, 9.17) is 4.74 Å². The van der Waals surface area contributed by atoms with Crippen LogP contribution in [0.3, 0.4) is 0 Å². The van der Waals surface area contributed by atoms with E-state index in [0.29, 0.717) is 24.8 Å². The predicted molar refractivity (Wildman–Crippen MR) is 120 cm³/mol. The van der Waals surface area contributed by atoms with E-state index in [1.54, 1.807) is 12.1 Å². The maximum Gasteiger partial charge on any atom is 0.258 e. The van der Waals surface area contributed by atoms with Gasteiger partial charge in [-0.2, -0.15) is 4.98 Å². The topological polar surface area (TPSA) is 101 Å². The summed E-state index contributed by atoms with van der Waals surface area (Å²) in [4.78, 5) is 23.9. The van der Waals surface area contributed by atoms with Crippen molar-refractivity contribution in [3.05, 3.63) is 53.6 Å². The fourth-order valence-corrected chi connectivity index (χ4v) is 3.54. The van der Waals surface area contributed by atoms with Gasteiger partial charge in [0.2, 0.25) is 11.8 Å². The molecule has 9 heteroatoms. The van der Waals surface area contributed by atoms with Crippen LogP contribution in [0.4, 0.5) is 5.95 Å². The lowest BCUT2D eigenvalue weighted by Gasteiger charge is -2.20. The van der Waals surface area contributed by atoms with E-state index < -0.39 is 15.7 Å². The summed E-state index contributed by atoms with van der Waals surface area (Å²) >= 11 is 0. The average Bonchev–Trinajstić information content (AvgIpc) is 3.57. The molecule has 0 aliphatic heterocycles. The van der Waals surface area contributed by atoms with Gasteiger partial charge in [-0.15, -0.1) is 0 Å². The van der Waals surface area contributed by atoms with E-state index in [2.05, 4.69) is 15.3 Å². The molecule has 1 saturated carbocycles. The van der Waals surface area contributed by atoms with Crippen LogP contribution in [-0.2, 0) is 9.84 Å². The Morgan fingerprint density at radius 3 is 2.52 bits per heavy atom. The molecule has 0 saturated heterocycles. The number of benzene rings is 1. The molecule has 1 N–H and O–H groups in total. The number of rotatable bonds is 10. The molecule has 31 heavy (non-hydrogen) atoms. The second-order valence-corrected chi connectivity index (χ2v) is 9.40. The van der Waals surface area contributed by atoms with Crippen LogP contribution in [0.25, 0.3) is 0 Å². The fraction of sp³-hybridized carbons (Fsp3) is 0.409. The largest absolute Gasteiger partial charge is 0.438 e. The molecule has 1 atom stereocenters. The summed E-state index contributed by atoms with van der Waals surface area (Å²) in [6.07, 6.45) is 5.99. The van der Waals surface area contributed by atoms with Crippen molar-refractivity contribution in [2.45, 2.75) is 32.7 Å². The number of aromatic nitrogens is 2. The molecule has 1 fully saturated rings. The summed E-state index contributed by atoms with van der Waals surface area (Å²) < 4.78 is 28.9. The van der Waals surface area contributed by atoms with Gasteiger partial charge in [-0.05, 0) is 44.7 Å². The number of hydrogen-bond acceptors (Lipinski definition) is 7. The Hall–Kier alpha value is -2.94. The number of nitrogens with zero attached hydrogens (tertiary/aromatic N) is 3. The number of amides is 1. The summed E-state index contributed by atoms with van der Waals surface area (Å²) in [5.74, 6) is 0.991. The van der Waals surface area contributed by atoms with Crippen molar-refractivity contribution in [1.82, 2.24) is 15.3 Å². The van der Waals surface area contributed by atoms with Gasteiger partial charge in [0.05, 0.1) is 6.04 Å². The normalized spacial score (nSPS) is 14.9. The Morgan fingerprint density at radius 1 is 1.26 bits per heavy atom. The molecular formula is C22H28N4O4S. The van der Waals surface area contributed by atoms with Gasteiger partial charge >= 0.3 is 0 Å². The molecule has 1 aromatic heterocycles. The second kappa shape index (κ2) is 9.91. The first-order valence-electron chi connectivity index (χ1n) is 10.3. The molecule has 2 aromatic rings. The van der Waals surface area contributed by atoms with Crippen molar-refractivity contribution in [3.63, 3.8) is 0 Å². The number of nitrogens with one attached hydrogen (secondary N) is 1. The molecule has 1 amide bonds. The van der Waals surface area contributed by atoms with Gasteiger partial charge in [0, 0.05) is 31.0 Å². The van der Waals surface area contributed by atoms with E-state index in [1.165, 1.54) is 12.3 Å². The van der Waals surface area contributed by atoms with E-state index in [-0.39, 0.29) is 23.4 Å². The smallest absolute Gasteiger partial charge is 0.258 e. The van der Waals surface area contributed by atoms with Crippen LogP contribution >= 0.6 is 0 Å². The lowest BCUT2D eigenvalue weighted by atomic mass is 10.1. The highest BCUT2D eigenvalue weighted by Gasteiger charge is 2.32. The summed E-state index contributed by atoms with van der Waals surface area (Å²) in [5.41, 5.74) is 0.193. The first-order valence-corrected chi connectivity index (χ1v) is 12.3. The lowest BCUT2D eigenvalue weighted by molar-refractivity contribution is 0.0937. The van der Waals surface area contributed by atoms with Crippen LogP contribution in [0.2, 0.25) is 0 Å². The standard InChI is InChI=1S/C22H28N4O4S/c1-4-26(5-2)22-23-15-18(21(25-22)30-17-9-7-6-8-10-17)20(27)24-19(16-11-12-16)13-14-31(3,28)29/h6-10,13-16,19H,4-5,11-12H2,1-3H3,(H,24,27). The first kappa shape index (κ1) is 22.7. The van der Waals surface area contributed by atoms with Crippen LogP contribution in [0, 0.1) is 5.92 Å². The van der Waals surface area contributed by atoms with Gasteiger partial charge in [0.1, 0.15) is 11.3 Å². The molecule has 0 spiro atoms. The Bertz CT molecular complexity index is 1030. The van der Waals surface area contributed by atoms with E-state index in [0.717, 1.165) is 24.5 Å². The zero-order valence-corrected chi connectivity index (χ0v) is 18.8. The monoisotopic (exact) mass is 444 g/mol. The van der Waals surface area contributed by atoms with Crippen molar-refractivity contribution < 1.29 is 17.9 Å². The maximum absolute atomic E-state index is 13.1. The summed E-state index contributed by atoms with van der Waals surface area (Å²) in [5, 5.41) is 4.04. The average molecular weight is 445 g/mol. The predicted octanol–water partition coefficient (Wildman–Crippen LogP) is 3.18. The summed E-state index contributed by atoms with van der Waals surface area (Å²) in [6.45, 7) is 5.43. The fourth-order valence-electron chi connectivity index (χ4n) is 3.08. The Kier molecular flexibility index (Phi) is 7.27. The van der Waals surface area contributed by atoms with Crippen molar-refractivity contribution in [3.8, 4) is 11.6 Å². The third-order valence-corrected chi connectivity index (χ3v) is 5.60. The van der Waals surface area contributed by atoms with Gasteiger partial charge < -0.3 is 15.0 Å². The molecule has 1 unspecified atom stereocenters. The first-order chi connectivity index (χ1) is 14.8. The Morgan fingerprint density at radius 2 is 1.94 bits per heavy atom. The number of ether oxygens (including phenoxy) is 1. The second-order valence-electron chi connectivity index (χ2n) is 7.47. The van der Waals surface area contributed by atoms with Crippen molar-refractivity contribution in [1.29, 1.82) is 0 Å². The highest BCUT2D eigenvalue weighted by Crippen LogP contribution is 2.34. The van der Waals surface area contributed by atoms with Crippen LogP contribution in [0.5, 0.6) is 11.6 Å². The van der Waals surface area contributed by atoms with Gasteiger partial charge in [0.15, 0.2) is 9.84 Å². The molecular weight excluding hydrogens is 416 g/mol. The minimum Gasteiger partial charge on any atom is -0.438 e. The van der Waals surface area contributed by atoms with E-state index >= 15 is 0 Å². The molecule has 3 rings (SSSR count). The Labute approximate surface area is 183 Å². The number of anilines is 1. The van der Waals surface area contributed by atoms with Gasteiger partial charge in [-0.1, -0.05) is 24.3 Å². The van der Waals surface area contributed by atoms with Gasteiger partial charge in [-0.25, -0.2) is 13.4 Å². The molecule has 1 aliphatic carbocycles. The maximum atomic E-state index is 13.1. The van der Waals surface area contributed by atoms with Gasteiger partial charge in [0.25, 0.3) is 5.91 Å². The highest BCUT2D eigenvalue weighted by molar-refractivity contribution is 7.93. The molecule has 8 nitrogen and oxygen atoms in total. The van der Waals surface area contributed by atoms with Crippen LogP contribution in [-0.4, -0.2) is 49.7 Å². The number of hydrogen-bond donors (Lipinski definition) is 1. The van der Waals surface area contributed by atoms with Crippen molar-refractivity contribution in [2.24, 2.45) is 5.92 Å². The number of carbonyl (C=O) groups excluding carboxylic acids is 1. The zero-order valence-electron chi connectivity index (χ0n) is 18.0. The van der Waals surface area contributed by atoms with Crippen LogP contribution < -0.4 is 15.0 Å². The summed E-state index contributed by atoms with van der Waals surface area (Å²) in [6, 6.07) is 8.72. The van der Waals surface area contributed by atoms with E-state index in [1.807, 2.05) is 36.9 Å². The molecule has 1 aliphatic rings. The van der Waals surface area contributed by atoms with Gasteiger partial charge in [-0.3, -0.25) is 4.79 Å². The molecule has 1 heterocycles. The number of sulfone groups is 1. The molecule has 0 radical (unpaired) electrons. The SMILES string of the molecule is CCN(CC)c1ncc(C(=O)NC(C=CS(C)(=O)=O)C2CC2)c(Oc2ccccc2)n1. The number of para-hydroxylation sites is 1.